The topological polar surface area (TPSA) is 24.8 Å². The van der Waals surface area contributed by atoms with Gasteiger partial charge in [-0.3, -0.25) is 0 Å². The fourth-order valence-electron chi connectivity index (χ4n) is 2.18. The fourth-order valence-corrected chi connectivity index (χ4v) is 2.18. The monoisotopic (exact) mass is 368 g/mol. The van der Waals surface area contributed by atoms with Crippen LogP contribution in [-0.4, -0.2) is 24.8 Å². The largest absolute Gasteiger partial charge is 0.457 e. The Kier molecular flexibility index (Phi) is 5.90. The van der Waals surface area contributed by atoms with Crippen molar-refractivity contribution in [3.05, 3.63) is 52.8 Å². The van der Waals surface area contributed by atoms with Gasteiger partial charge in [0.2, 0.25) is 0 Å². The Balaban J connectivity index is 2.31. The third-order valence-electron chi connectivity index (χ3n) is 3.86. The van der Waals surface area contributed by atoms with Gasteiger partial charge in [-0.25, -0.2) is 9.38 Å². The van der Waals surface area contributed by atoms with Gasteiger partial charge < -0.3 is 9.64 Å². The molecule has 0 aliphatic heterocycles. The van der Waals surface area contributed by atoms with Gasteiger partial charge in [-0.05, 0) is 62.2 Å². The van der Waals surface area contributed by atoms with E-state index in [9.17, 15) is 17.6 Å². The summed E-state index contributed by atoms with van der Waals surface area (Å²) >= 11 is 0. The molecule has 0 radical (unpaired) electrons. The third-order valence-corrected chi connectivity index (χ3v) is 3.86. The van der Waals surface area contributed by atoms with E-state index in [0.717, 1.165) is 23.9 Å². The van der Waals surface area contributed by atoms with Crippen molar-refractivity contribution in [1.82, 2.24) is 4.90 Å². The van der Waals surface area contributed by atoms with Crippen molar-refractivity contribution in [3.63, 3.8) is 0 Å². The SMILES string of the molecule is CCN(C)C=Nc1cc(C)c(Oc2ccc(F)c(C(F)(F)F)c2)cc1C. The Labute approximate surface area is 149 Å². The van der Waals surface area contributed by atoms with Crippen molar-refractivity contribution >= 4 is 12.0 Å². The number of aliphatic imine (C=N–C) groups is 1. The summed E-state index contributed by atoms with van der Waals surface area (Å²) in [5.41, 5.74) is 0.905. The van der Waals surface area contributed by atoms with Crippen molar-refractivity contribution in [2.45, 2.75) is 26.9 Å². The first-order valence-electron chi connectivity index (χ1n) is 8.02. The average molecular weight is 368 g/mol. The van der Waals surface area contributed by atoms with E-state index in [1.807, 2.05) is 25.8 Å². The lowest BCUT2D eigenvalue weighted by Gasteiger charge is -2.14. The number of halogens is 4. The highest BCUT2D eigenvalue weighted by molar-refractivity contribution is 5.64. The zero-order chi connectivity index (χ0) is 19.5. The van der Waals surface area contributed by atoms with Crippen molar-refractivity contribution in [1.29, 1.82) is 0 Å². The minimum atomic E-state index is -4.78. The molecule has 140 valence electrons. The van der Waals surface area contributed by atoms with E-state index in [4.69, 9.17) is 4.74 Å². The standard InChI is InChI=1S/C19H20F4N2O/c1-5-25(4)11-24-17-8-13(3)18(9-12(17)2)26-14-6-7-16(20)15(10-14)19(21,22)23/h6-11H,5H2,1-4H3. The molecule has 7 heteroatoms. The van der Waals surface area contributed by atoms with E-state index in [-0.39, 0.29) is 5.75 Å². The maximum Gasteiger partial charge on any atom is 0.419 e. The molecule has 0 aromatic heterocycles. The van der Waals surface area contributed by atoms with Crippen LogP contribution >= 0.6 is 0 Å². The van der Waals surface area contributed by atoms with Crippen molar-refractivity contribution in [2.75, 3.05) is 13.6 Å². The molecule has 0 heterocycles. The minimum Gasteiger partial charge on any atom is -0.457 e. The summed E-state index contributed by atoms with van der Waals surface area (Å²) < 4.78 is 57.4. The van der Waals surface area contributed by atoms with E-state index in [0.29, 0.717) is 17.4 Å². The van der Waals surface area contributed by atoms with Gasteiger partial charge in [0.15, 0.2) is 0 Å². The van der Waals surface area contributed by atoms with E-state index in [1.54, 1.807) is 25.4 Å². The Hall–Kier alpha value is -2.57. The summed E-state index contributed by atoms with van der Waals surface area (Å²) in [5.74, 6) is -1.02. The number of hydrogen-bond donors (Lipinski definition) is 0. The first-order chi connectivity index (χ1) is 12.1. The van der Waals surface area contributed by atoms with Crippen LogP contribution in [0.25, 0.3) is 0 Å². The Bertz CT molecular complexity index is 816. The molecular formula is C19H20F4N2O. The van der Waals surface area contributed by atoms with Gasteiger partial charge in [0.25, 0.3) is 0 Å². The second-order valence-corrected chi connectivity index (χ2v) is 5.96. The molecule has 26 heavy (non-hydrogen) atoms. The molecule has 0 aliphatic carbocycles. The zero-order valence-corrected chi connectivity index (χ0v) is 15.0. The minimum absolute atomic E-state index is 0.0804. The predicted molar refractivity (Wildman–Crippen MR) is 93.8 cm³/mol. The number of aryl methyl sites for hydroxylation is 2. The van der Waals surface area contributed by atoms with Crippen molar-refractivity contribution in [2.24, 2.45) is 4.99 Å². The number of ether oxygens (including phenoxy) is 1. The Morgan fingerprint density at radius 3 is 2.42 bits per heavy atom. The molecule has 3 nitrogen and oxygen atoms in total. The number of nitrogens with zero attached hydrogens (tertiary/aromatic N) is 2. The van der Waals surface area contributed by atoms with Crippen LogP contribution in [0.15, 0.2) is 35.3 Å². The maximum atomic E-state index is 13.4. The number of rotatable bonds is 5. The van der Waals surface area contributed by atoms with Crippen LogP contribution in [0.5, 0.6) is 11.5 Å². The van der Waals surface area contributed by atoms with E-state index >= 15 is 0 Å². The Morgan fingerprint density at radius 2 is 1.81 bits per heavy atom. The molecule has 0 aliphatic rings. The molecule has 0 spiro atoms. The van der Waals surface area contributed by atoms with Crippen LogP contribution < -0.4 is 4.74 Å². The number of alkyl halides is 3. The van der Waals surface area contributed by atoms with Gasteiger partial charge in [-0.2, -0.15) is 13.2 Å². The second kappa shape index (κ2) is 7.76. The molecule has 0 saturated heterocycles. The number of benzene rings is 2. The quantitative estimate of drug-likeness (QED) is 0.375. The molecule has 0 amide bonds. The molecular weight excluding hydrogens is 348 g/mol. The first kappa shape index (κ1) is 19.8. The van der Waals surface area contributed by atoms with Crippen LogP contribution in [0.1, 0.15) is 23.6 Å². The highest BCUT2D eigenvalue weighted by Gasteiger charge is 2.34. The van der Waals surface area contributed by atoms with Crippen LogP contribution in [0.3, 0.4) is 0 Å². The summed E-state index contributed by atoms with van der Waals surface area (Å²) in [5, 5.41) is 0. The summed E-state index contributed by atoms with van der Waals surface area (Å²) in [6, 6.07) is 6.07. The molecule has 2 aromatic carbocycles. The maximum absolute atomic E-state index is 13.4. The van der Waals surface area contributed by atoms with Crippen molar-refractivity contribution in [3.8, 4) is 11.5 Å². The third kappa shape index (κ3) is 4.74. The summed E-state index contributed by atoms with van der Waals surface area (Å²) in [6.45, 7) is 6.41. The van der Waals surface area contributed by atoms with Crippen LogP contribution in [0, 0.1) is 19.7 Å². The molecule has 0 bridgehead atoms. The lowest BCUT2D eigenvalue weighted by atomic mass is 10.1. The molecule has 0 fully saturated rings. The average Bonchev–Trinajstić information content (AvgIpc) is 2.56. The van der Waals surface area contributed by atoms with Gasteiger partial charge >= 0.3 is 6.18 Å². The highest BCUT2D eigenvalue weighted by atomic mass is 19.4. The molecule has 2 rings (SSSR count). The molecule has 2 aromatic rings. The Morgan fingerprint density at radius 1 is 1.12 bits per heavy atom. The summed E-state index contributed by atoms with van der Waals surface area (Å²) in [6.07, 6.45) is -3.07. The summed E-state index contributed by atoms with van der Waals surface area (Å²) in [7, 11) is 1.90. The number of hydrogen-bond acceptors (Lipinski definition) is 2. The van der Waals surface area contributed by atoms with E-state index < -0.39 is 17.6 Å². The second-order valence-electron chi connectivity index (χ2n) is 5.96. The van der Waals surface area contributed by atoms with Crippen LogP contribution in [0.2, 0.25) is 0 Å². The molecule has 0 atom stereocenters. The van der Waals surface area contributed by atoms with Gasteiger partial charge in [-0.1, -0.05) is 0 Å². The van der Waals surface area contributed by atoms with E-state index in [1.165, 1.54) is 6.07 Å². The van der Waals surface area contributed by atoms with Crippen molar-refractivity contribution < 1.29 is 22.3 Å². The first-order valence-corrected chi connectivity index (χ1v) is 8.02. The van der Waals surface area contributed by atoms with E-state index in [2.05, 4.69) is 4.99 Å². The summed E-state index contributed by atoms with van der Waals surface area (Å²) in [4.78, 5) is 6.30. The lowest BCUT2D eigenvalue weighted by molar-refractivity contribution is -0.140. The molecule has 0 saturated carbocycles. The van der Waals surface area contributed by atoms with Gasteiger partial charge in [-0.15, -0.1) is 0 Å². The highest BCUT2D eigenvalue weighted by Crippen LogP contribution is 2.36. The van der Waals surface area contributed by atoms with Gasteiger partial charge in [0.05, 0.1) is 17.6 Å². The fraction of sp³-hybridized carbons (Fsp3) is 0.316. The molecule has 0 unspecified atom stereocenters. The normalized spacial score (nSPS) is 11.8. The van der Waals surface area contributed by atoms with Crippen LogP contribution in [0.4, 0.5) is 23.2 Å². The molecule has 0 N–H and O–H groups in total. The van der Waals surface area contributed by atoms with Gasteiger partial charge in [0.1, 0.15) is 17.3 Å². The van der Waals surface area contributed by atoms with Crippen LogP contribution in [-0.2, 0) is 6.18 Å². The smallest absolute Gasteiger partial charge is 0.419 e. The predicted octanol–water partition coefficient (Wildman–Crippen LogP) is 5.87. The lowest BCUT2D eigenvalue weighted by Crippen LogP contribution is -2.14. The zero-order valence-electron chi connectivity index (χ0n) is 15.0. The van der Waals surface area contributed by atoms with Gasteiger partial charge in [0, 0.05) is 13.6 Å².